The number of rotatable bonds is 3. The number of piperidine rings is 1. The first-order chi connectivity index (χ1) is 11.1. The Kier molecular flexibility index (Phi) is 5.09. The Bertz CT molecular complexity index is 690. The van der Waals surface area contributed by atoms with Gasteiger partial charge in [0.15, 0.2) is 0 Å². The number of ether oxygens (including phenoxy) is 1. The summed E-state index contributed by atoms with van der Waals surface area (Å²) >= 11 is 2.24. The number of carbonyl (C=O) groups excluding carboxylic acids is 1. The van der Waals surface area contributed by atoms with Gasteiger partial charge in [-0.3, -0.25) is 4.79 Å². The summed E-state index contributed by atoms with van der Waals surface area (Å²) in [6.45, 7) is 3.20. The van der Waals surface area contributed by atoms with Crippen LogP contribution in [-0.2, 0) is 0 Å². The van der Waals surface area contributed by atoms with Gasteiger partial charge >= 0.3 is 0 Å². The standard InChI is InChI=1S/C17H18IN3O2/c1-12-19-9-8-16(20-12)23-15-3-2-10-21(11-15)17(22)13-4-6-14(18)7-5-13/h4-9,15H,2-3,10-11H2,1H3. The molecule has 2 heterocycles. The summed E-state index contributed by atoms with van der Waals surface area (Å²) in [6.07, 6.45) is 3.53. The van der Waals surface area contributed by atoms with Crippen molar-refractivity contribution in [3.63, 3.8) is 0 Å². The summed E-state index contributed by atoms with van der Waals surface area (Å²) in [7, 11) is 0. The molecule has 1 aromatic carbocycles. The molecule has 3 rings (SSSR count). The minimum atomic E-state index is -0.0224. The van der Waals surface area contributed by atoms with Gasteiger partial charge in [-0.2, -0.15) is 4.98 Å². The smallest absolute Gasteiger partial charge is 0.253 e. The molecule has 1 atom stereocenters. The van der Waals surface area contributed by atoms with Gasteiger partial charge in [0.25, 0.3) is 5.91 Å². The molecule has 1 aliphatic heterocycles. The highest BCUT2D eigenvalue weighted by atomic mass is 127. The van der Waals surface area contributed by atoms with Crippen molar-refractivity contribution in [2.24, 2.45) is 0 Å². The van der Waals surface area contributed by atoms with E-state index in [1.165, 1.54) is 0 Å². The number of likely N-dealkylation sites (tertiary alicyclic amines) is 1. The fourth-order valence-corrected chi connectivity index (χ4v) is 3.02. The zero-order valence-electron chi connectivity index (χ0n) is 12.9. The van der Waals surface area contributed by atoms with Crippen LogP contribution in [0.25, 0.3) is 0 Å². The Balaban J connectivity index is 1.66. The number of aryl methyl sites for hydroxylation is 1. The van der Waals surface area contributed by atoms with Gasteiger partial charge in [0.2, 0.25) is 5.88 Å². The molecule has 23 heavy (non-hydrogen) atoms. The molecule has 0 radical (unpaired) electrons. The van der Waals surface area contributed by atoms with Gasteiger partial charge in [0.1, 0.15) is 11.9 Å². The number of amides is 1. The Hall–Kier alpha value is -1.70. The quantitative estimate of drug-likeness (QED) is 0.713. The van der Waals surface area contributed by atoms with E-state index in [2.05, 4.69) is 32.6 Å². The fourth-order valence-electron chi connectivity index (χ4n) is 2.66. The predicted octanol–water partition coefficient (Wildman–Crippen LogP) is 3.07. The number of benzene rings is 1. The van der Waals surface area contributed by atoms with Crippen molar-refractivity contribution in [3.8, 4) is 5.88 Å². The number of carbonyl (C=O) groups is 1. The van der Waals surface area contributed by atoms with Crippen molar-refractivity contribution in [2.45, 2.75) is 25.9 Å². The molecule has 1 unspecified atom stereocenters. The Morgan fingerprint density at radius 3 is 2.83 bits per heavy atom. The van der Waals surface area contributed by atoms with Gasteiger partial charge in [0, 0.05) is 27.9 Å². The van der Waals surface area contributed by atoms with Crippen molar-refractivity contribution >= 4 is 28.5 Å². The zero-order chi connectivity index (χ0) is 16.2. The average Bonchev–Trinajstić information content (AvgIpc) is 2.55. The lowest BCUT2D eigenvalue weighted by Gasteiger charge is -2.32. The third-order valence-electron chi connectivity index (χ3n) is 3.79. The molecule has 2 aromatic rings. The SMILES string of the molecule is Cc1nccc(OC2CCCN(C(=O)c3ccc(I)cc3)C2)n1. The van der Waals surface area contributed by atoms with Crippen LogP contribution in [0.15, 0.2) is 36.5 Å². The summed E-state index contributed by atoms with van der Waals surface area (Å²) < 4.78 is 7.05. The van der Waals surface area contributed by atoms with Crippen LogP contribution in [0.3, 0.4) is 0 Å². The van der Waals surface area contributed by atoms with Crippen LogP contribution in [0.4, 0.5) is 0 Å². The van der Waals surface area contributed by atoms with Crippen LogP contribution in [-0.4, -0.2) is 40.0 Å². The Morgan fingerprint density at radius 2 is 2.09 bits per heavy atom. The highest BCUT2D eigenvalue weighted by molar-refractivity contribution is 14.1. The second-order valence-electron chi connectivity index (χ2n) is 5.58. The highest BCUT2D eigenvalue weighted by Gasteiger charge is 2.26. The van der Waals surface area contributed by atoms with E-state index in [1.54, 1.807) is 12.3 Å². The molecule has 0 spiro atoms. The van der Waals surface area contributed by atoms with Crippen molar-refractivity contribution in [2.75, 3.05) is 13.1 Å². The van der Waals surface area contributed by atoms with Gasteiger partial charge in [-0.25, -0.2) is 4.98 Å². The molecule has 6 heteroatoms. The second kappa shape index (κ2) is 7.25. The van der Waals surface area contributed by atoms with E-state index in [4.69, 9.17) is 4.74 Å². The lowest BCUT2D eigenvalue weighted by atomic mass is 10.1. The van der Waals surface area contributed by atoms with Crippen molar-refractivity contribution in [1.29, 1.82) is 0 Å². The minimum Gasteiger partial charge on any atom is -0.472 e. The zero-order valence-corrected chi connectivity index (χ0v) is 15.1. The highest BCUT2D eigenvalue weighted by Crippen LogP contribution is 2.19. The maximum atomic E-state index is 12.6. The van der Waals surface area contributed by atoms with Gasteiger partial charge in [-0.05, 0) is 66.6 Å². The summed E-state index contributed by atoms with van der Waals surface area (Å²) in [6, 6.07) is 9.42. The first-order valence-corrected chi connectivity index (χ1v) is 8.71. The molecule has 0 aliphatic carbocycles. The molecule has 0 N–H and O–H groups in total. The van der Waals surface area contributed by atoms with E-state index in [0.717, 1.165) is 28.5 Å². The first kappa shape index (κ1) is 16.2. The van der Waals surface area contributed by atoms with Crippen molar-refractivity contribution in [3.05, 3.63) is 51.5 Å². The molecule has 1 saturated heterocycles. The van der Waals surface area contributed by atoms with Gasteiger partial charge in [-0.15, -0.1) is 0 Å². The van der Waals surface area contributed by atoms with Crippen LogP contribution in [0.1, 0.15) is 29.0 Å². The second-order valence-corrected chi connectivity index (χ2v) is 6.83. The first-order valence-electron chi connectivity index (χ1n) is 7.63. The van der Waals surface area contributed by atoms with Crippen LogP contribution in [0, 0.1) is 10.5 Å². The van der Waals surface area contributed by atoms with E-state index in [9.17, 15) is 4.79 Å². The molecule has 120 valence electrons. The number of hydrogen-bond acceptors (Lipinski definition) is 4. The van der Waals surface area contributed by atoms with Crippen LogP contribution in [0.5, 0.6) is 5.88 Å². The molecule has 0 bridgehead atoms. The maximum Gasteiger partial charge on any atom is 0.253 e. The van der Waals surface area contributed by atoms with Crippen LogP contribution >= 0.6 is 22.6 Å². The molecule has 1 amide bonds. The fraction of sp³-hybridized carbons (Fsp3) is 0.353. The van der Waals surface area contributed by atoms with Crippen molar-refractivity contribution < 1.29 is 9.53 Å². The topological polar surface area (TPSA) is 55.3 Å². The minimum absolute atomic E-state index is 0.0224. The monoisotopic (exact) mass is 423 g/mol. The number of aromatic nitrogens is 2. The number of nitrogens with zero attached hydrogens (tertiary/aromatic N) is 3. The van der Waals surface area contributed by atoms with E-state index < -0.39 is 0 Å². The van der Waals surface area contributed by atoms with Crippen LogP contribution in [0.2, 0.25) is 0 Å². The van der Waals surface area contributed by atoms with Crippen LogP contribution < -0.4 is 4.74 Å². The predicted molar refractivity (Wildman–Crippen MR) is 95.5 cm³/mol. The molecule has 5 nitrogen and oxygen atoms in total. The molecule has 0 saturated carbocycles. The lowest BCUT2D eigenvalue weighted by Crippen LogP contribution is -2.44. The van der Waals surface area contributed by atoms with Gasteiger partial charge < -0.3 is 9.64 Å². The van der Waals surface area contributed by atoms with Gasteiger partial charge in [-0.1, -0.05) is 0 Å². The molecule has 1 aromatic heterocycles. The van der Waals surface area contributed by atoms with E-state index in [1.807, 2.05) is 36.1 Å². The third-order valence-corrected chi connectivity index (χ3v) is 4.51. The van der Waals surface area contributed by atoms with Crippen molar-refractivity contribution in [1.82, 2.24) is 14.9 Å². The molecular weight excluding hydrogens is 405 g/mol. The molecular formula is C17H18IN3O2. The lowest BCUT2D eigenvalue weighted by molar-refractivity contribution is 0.0527. The molecule has 1 aliphatic rings. The van der Waals surface area contributed by atoms with E-state index >= 15 is 0 Å². The molecule has 1 fully saturated rings. The summed E-state index contributed by atoms with van der Waals surface area (Å²) in [4.78, 5) is 22.8. The summed E-state index contributed by atoms with van der Waals surface area (Å²) in [5.74, 6) is 1.32. The summed E-state index contributed by atoms with van der Waals surface area (Å²) in [5.41, 5.74) is 0.726. The number of halogens is 1. The maximum absolute atomic E-state index is 12.6. The third kappa shape index (κ3) is 4.19. The number of hydrogen-bond donors (Lipinski definition) is 0. The Labute approximate surface area is 149 Å². The van der Waals surface area contributed by atoms with E-state index in [-0.39, 0.29) is 12.0 Å². The normalized spacial score (nSPS) is 17.8. The van der Waals surface area contributed by atoms with E-state index in [0.29, 0.717) is 18.2 Å². The largest absolute Gasteiger partial charge is 0.472 e. The summed E-state index contributed by atoms with van der Waals surface area (Å²) in [5, 5.41) is 0. The average molecular weight is 423 g/mol. The Morgan fingerprint density at radius 1 is 1.30 bits per heavy atom. The van der Waals surface area contributed by atoms with Gasteiger partial charge in [0.05, 0.1) is 6.54 Å².